The summed E-state index contributed by atoms with van der Waals surface area (Å²) in [6, 6.07) is 19.8. The molecule has 2 aromatic rings. The fourth-order valence-corrected chi connectivity index (χ4v) is 3.99. The molecular weight excluding hydrogens is 342 g/mol. The molecule has 0 aliphatic carbocycles. The molecule has 2 heteroatoms. The highest BCUT2D eigenvalue weighted by Crippen LogP contribution is 2.34. The van der Waals surface area contributed by atoms with Crippen LogP contribution in [0.1, 0.15) is 68.7 Å². The van der Waals surface area contributed by atoms with Crippen molar-refractivity contribution in [1.82, 2.24) is 4.90 Å². The van der Waals surface area contributed by atoms with E-state index >= 15 is 0 Å². The van der Waals surface area contributed by atoms with Crippen LogP contribution in [0, 0.1) is 0 Å². The summed E-state index contributed by atoms with van der Waals surface area (Å²) >= 11 is 0. The van der Waals surface area contributed by atoms with Crippen LogP contribution < -0.4 is 0 Å². The highest BCUT2D eigenvalue weighted by molar-refractivity contribution is 5.50. The maximum absolute atomic E-state index is 10.7. The third-order valence-corrected chi connectivity index (χ3v) is 5.84. The lowest BCUT2D eigenvalue weighted by Crippen LogP contribution is -2.23. The largest absolute Gasteiger partial charge is 0.391 e. The minimum atomic E-state index is -0.306. The number of allylic oxidation sites excluding steroid dienone is 1. The number of benzene rings is 2. The molecule has 1 fully saturated rings. The van der Waals surface area contributed by atoms with Crippen LogP contribution in [0.25, 0.3) is 6.08 Å². The first-order valence-electron chi connectivity index (χ1n) is 10.9. The Labute approximate surface area is 170 Å². The second-order valence-electron chi connectivity index (χ2n) is 8.12. The Morgan fingerprint density at radius 2 is 1.89 bits per heavy atom. The zero-order valence-electron chi connectivity index (χ0n) is 17.4. The first-order chi connectivity index (χ1) is 13.7. The van der Waals surface area contributed by atoms with E-state index in [1.807, 2.05) is 0 Å². The lowest BCUT2D eigenvalue weighted by molar-refractivity contribution is 0.149. The Hall–Kier alpha value is -1.90. The number of hydrogen-bond acceptors (Lipinski definition) is 2. The predicted molar refractivity (Wildman–Crippen MR) is 119 cm³/mol. The number of aliphatic hydroxyl groups excluding tert-OH is 1. The van der Waals surface area contributed by atoms with Gasteiger partial charge in [-0.2, -0.15) is 0 Å². The average molecular weight is 378 g/mol. The van der Waals surface area contributed by atoms with Gasteiger partial charge in [0.05, 0.1) is 6.10 Å². The molecule has 1 aliphatic heterocycles. The second kappa shape index (κ2) is 10.6. The number of unbranched alkanes of at least 4 members (excludes halogenated alkanes) is 4. The van der Waals surface area contributed by atoms with E-state index in [0.717, 1.165) is 19.4 Å². The Morgan fingerprint density at radius 3 is 2.68 bits per heavy atom. The van der Waals surface area contributed by atoms with E-state index in [1.54, 1.807) is 0 Å². The minimum Gasteiger partial charge on any atom is -0.391 e. The zero-order valence-corrected chi connectivity index (χ0v) is 17.4. The molecule has 2 nitrogen and oxygen atoms in total. The van der Waals surface area contributed by atoms with Gasteiger partial charge < -0.3 is 5.11 Å². The first kappa shape index (κ1) is 20.8. The summed E-state index contributed by atoms with van der Waals surface area (Å²) in [4.78, 5) is 2.39. The number of aliphatic hydroxyl groups is 1. The summed E-state index contributed by atoms with van der Waals surface area (Å²) < 4.78 is 0. The van der Waals surface area contributed by atoms with E-state index in [4.69, 9.17) is 0 Å². The third-order valence-electron chi connectivity index (χ3n) is 5.84. The molecule has 1 saturated heterocycles. The summed E-state index contributed by atoms with van der Waals surface area (Å²) in [7, 11) is 0. The van der Waals surface area contributed by atoms with Gasteiger partial charge in [0.1, 0.15) is 0 Å². The van der Waals surface area contributed by atoms with E-state index in [2.05, 4.69) is 85.5 Å². The van der Waals surface area contributed by atoms with Gasteiger partial charge in [0.15, 0.2) is 0 Å². The number of hydrogen-bond donors (Lipinski definition) is 1. The van der Waals surface area contributed by atoms with Crippen LogP contribution in [0.15, 0.2) is 60.7 Å². The summed E-state index contributed by atoms with van der Waals surface area (Å²) in [5.41, 5.74) is 3.79. The lowest BCUT2D eigenvalue weighted by Gasteiger charge is -2.17. The van der Waals surface area contributed by atoms with Gasteiger partial charge in [-0.1, -0.05) is 92.9 Å². The molecule has 2 unspecified atom stereocenters. The molecule has 0 saturated carbocycles. The molecule has 0 amide bonds. The van der Waals surface area contributed by atoms with Crippen LogP contribution in [0.2, 0.25) is 0 Å². The molecule has 0 aromatic heterocycles. The van der Waals surface area contributed by atoms with E-state index in [0.29, 0.717) is 6.04 Å². The van der Waals surface area contributed by atoms with Gasteiger partial charge >= 0.3 is 0 Å². The van der Waals surface area contributed by atoms with E-state index in [-0.39, 0.29) is 12.1 Å². The van der Waals surface area contributed by atoms with Gasteiger partial charge in [-0.05, 0) is 42.9 Å². The lowest BCUT2D eigenvalue weighted by atomic mass is 10.0. The van der Waals surface area contributed by atoms with Gasteiger partial charge in [-0.3, -0.25) is 4.90 Å². The Balaban J connectivity index is 1.48. The second-order valence-corrected chi connectivity index (χ2v) is 8.12. The topological polar surface area (TPSA) is 23.2 Å². The van der Waals surface area contributed by atoms with Gasteiger partial charge in [0.25, 0.3) is 0 Å². The van der Waals surface area contributed by atoms with Crippen LogP contribution in [-0.2, 0) is 6.42 Å². The summed E-state index contributed by atoms with van der Waals surface area (Å²) in [6.07, 6.45) is 11.3. The van der Waals surface area contributed by atoms with Crippen LogP contribution in [0.3, 0.4) is 0 Å². The molecule has 150 valence electrons. The number of rotatable bonds is 11. The average Bonchev–Trinajstić information content (AvgIpc) is 3.52. The maximum Gasteiger partial charge on any atom is 0.0748 e. The summed E-state index contributed by atoms with van der Waals surface area (Å²) in [5, 5.41) is 10.7. The molecule has 1 N–H and O–H groups in total. The zero-order chi connectivity index (χ0) is 19.8. The molecule has 3 rings (SSSR count). The summed E-state index contributed by atoms with van der Waals surface area (Å²) in [6.45, 7) is 5.46. The first-order valence-corrected chi connectivity index (χ1v) is 10.9. The molecule has 0 spiro atoms. The van der Waals surface area contributed by atoms with E-state index in [1.165, 1.54) is 42.4 Å². The fraction of sp³-hybridized carbons (Fsp3) is 0.462. The Bertz CT molecular complexity index is 739. The van der Waals surface area contributed by atoms with Crippen LogP contribution in [0.4, 0.5) is 0 Å². The molecule has 2 aromatic carbocycles. The Kier molecular flexibility index (Phi) is 7.88. The quantitative estimate of drug-likeness (QED) is 0.382. The molecule has 28 heavy (non-hydrogen) atoms. The van der Waals surface area contributed by atoms with Gasteiger partial charge in [-0.15, -0.1) is 0 Å². The van der Waals surface area contributed by atoms with Crippen molar-refractivity contribution in [2.24, 2.45) is 0 Å². The monoisotopic (exact) mass is 377 g/mol. The van der Waals surface area contributed by atoms with E-state index in [9.17, 15) is 5.11 Å². The summed E-state index contributed by atoms with van der Waals surface area (Å²) in [5.74, 6) is 0. The molecular formula is C26H35NO. The van der Waals surface area contributed by atoms with Crippen molar-refractivity contribution in [1.29, 1.82) is 0 Å². The minimum absolute atomic E-state index is 0.271. The van der Waals surface area contributed by atoms with Crippen molar-refractivity contribution in [3.8, 4) is 0 Å². The SMILES string of the molecule is CCCCCCC=Cc1cccc(C[C@@H](O)C2CN2[C@H](C)c2ccccc2)c1. The molecule has 1 heterocycles. The van der Waals surface area contributed by atoms with E-state index < -0.39 is 0 Å². The van der Waals surface area contributed by atoms with Crippen molar-refractivity contribution >= 4 is 6.08 Å². The number of nitrogens with zero attached hydrogens (tertiary/aromatic N) is 1. The van der Waals surface area contributed by atoms with Crippen molar-refractivity contribution in [2.75, 3.05) is 6.54 Å². The van der Waals surface area contributed by atoms with Crippen LogP contribution >= 0.6 is 0 Å². The van der Waals surface area contributed by atoms with Crippen LogP contribution in [-0.4, -0.2) is 28.7 Å². The van der Waals surface area contributed by atoms with Gasteiger partial charge in [0, 0.05) is 18.6 Å². The molecule has 1 aliphatic rings. The maximum atomic E-state index is 10.7. The van der Waals surface area contributed by atoms with Crippen molar-refractivity contribution in [2.45, 2.75) is 70.6 Å². The van der Waals surface area contributed by atoms with Gasteiger partial charge in [-0.25, -0.2) is 0 Å². The fourth-order valence-electron chi connectivity index (χ4n) is 3.99. The predicted octanol–water partition coefficient (Wildman–Crippen LogP) is 6.02. The highest BCUT2D eigenvalue weighted by Gasteiger charge is 2.42. The molecule has 0 radical (unpaired) electrons. The van der Waals surface area contributed by atoms with Crippen LogP contribution in [0.5, 0.6) is 0 Å². The van der Waals surface area contributed by atoms with Gasteiger partial charge in [0.2, 0.25) is 0 Å². The smallest absolute Gasteiger partial charge is 0.0748 e. The van der Waals surface area contributed by atoms with Crippen molar-refractivity contribution < 1.29 is 5.11 Å². The normalized spacial score (nSPS) is 21.0. The highest BCUT2D eigenvalue weighted by atomic mass is 16.3. The molecule has 0 bridgehead atoms. The molecule has 4 atom stereocenters. The Morgan fingerprint density at radius 1 is 1.07 bits per heavy atom. The third kappa shape index (κ3) is 6.05. The van der Waals surface area contributed by atoms with Crippen molar-refractivity contribution in [3.63, 3.8) is 0 Å². The standard InChI is InChI=1S/C26H35NO/c1-3-4-5-6-7-9-13-22-14-12-15-23(18-22)19-26(28)25-20-27(25)21(2)24-16-10-8-11-17-24/h8-18,21,25-26,28H,3-7,19-20H2,1-2H3/t21-,25?,26-,27?/m1/s1. The van der Waals surface area contributed by atoms with Crippen molar-refractivity contribution in [3.05, 3.63) is 77.4 Å².